The summed E-state index contributed by atoms with van der Waals surface area (Å²) in [6.07, 6.45) is 0.987. The van der Waals surface area contributed by atoms with Crippen molar-refractivity contribution in [1.82, 2.24) is 9.55 Å². The summed E-state index contributed by atoms with van der Waals surface area (Å²) in [5.74, 6) is 2.18. The summed E-state index contributed by atoms with van der Waals surface area (Å²) >= 11 is 1.83. The molecule has 0 radical (unpaired) electrons. The number of nitrogen functional groups attached to an aromatic ring is 1. The van der Waals surface area contributed by atoms with Gasteiger partial charge >= 0.3 is 5.69 Å². The first-order valence-corrected chi connectivity index (χ1v) is 7.24. The molecule has 1 saturated heterocycles. The molecule has 0 bridgehead atoms. The number of thioether (sulfide) groups is 1. The van der Waals surface area contributed by atoms with Crippen LogP contribution in [0.5, 0.6) is 0 Å². The zero-order valence-corrected chi connectivity index (χ0v) is 11.6. The van der Waals surface area contributed by atoms with Crippen molar-refractivity contribution in [3.63, 3.8) is 0 Å². The Morgan fingerprint density at radius 2 is 2.37 bits per heavy atom. The minimum atomic E-state index is -0.508. The number of nitrogens with one attached hydrogen (secondary N) is 2. The van der Waals surface area contributed by atoms with Crippen LogP contribution in [-0.2, 0) is 11.3 Å². The van der Waals surface area contributed by atoms with Gasteiger partial charge in [0.2, 0.25) is 0 Å². The summed E-state index contributed by atoms with van der Waals surface area (Å²) in [5, 5.41) is 3.13. The molecule has 2 heterocycles. The molecule has 7 nitrogen and oxygen atoms in total. The van der Waals surface area contributed by atoms with Crippen molar-refractivity contribution in [3.05, 3.63) is 20.8 Å². The van der Waals surface area contributed by atoms with Crippen molar-refractivity contribution < 1.29 is 4.74 Å². The van der Waals surface area contributed by atoms with E-state index in [0.717, 1.165) is 17.9 Å². The molecule has 1 unspecified atom stereocenters. The van der Waals surface area contributed by atoms with E-state index in [1.807, 2.05) is 11.8 Å². The Hall–Kier alpha value is -1.41. The predicted octanol–water partition coefficient (Wildman–Crippen LogP) is -0.317. The number of H-pyrrole nitrogens is 1. The fourth-order valence-electron chi connectivity index (χ4n) is 1.98. The van der Waals surface area contributed by atoms with Crippen LogP contribution in [0.25, 0.3) is 0 Å². The van der Waals surface area contributed by atoms with Crippen LogP contribution in [0, 0.1) is 0 Å². The number of nitrogens with two attached hydrogens (primary N) is 1. The van der Waals surface area contributed by atoms with Crippen molar-refractivity contribution in [2.45, 2.75) is 19.0 Å². The van der Waals surface area contributed by atoms with E-state index < -0.39 is 11.2 Å². The van der Waals surface area contributed by atoms with Crippen molar-refractivity contribution >= 4 is 23.3 Å². The lowest BCUT2D eigenvalue weighted by molar-refractivity contribution is 0.186. The lowest BCUT2D eigenvalue weighted by atomic mass is 10.2. The second-order valence-electron chi connectivity index (χ2n) is 4.37. The predicted molar refractivity (Wildman–Crippen MR) is 77.0 cm³/mol. The summed E-state index contributed by atoms with van der Waals surface area (Å²) in [7, 11) is 1.54. The maximum Gasteiger partial charge on any atom is 0.330 e. The van der Waals surface area contributed by atoms with Gasteiger partial charge in [0, 0.05) is 18.9 Å². The van der Waals surface area contributed by atoms with E-state index in [2.05, 4.69) is 10.3 Å². The number of hydrogen-bond donors (Lipinski definition) is 3. The number of hydrogen-bond acceptors (Lipinski definition) is 6. The van der Waals surface area contributed by atoms with Crippen molar-refractivity contribution in [3.8, 4) is 0 Å². The van der Waals surface area contributed by atoms with Crippen molar-refractivity contribution in [2.75, 3.05) is 36.3 Å². The summed E-state index contributed by atoms with van der Waals surface area (Å²) in [4.78, 5) is 25.8. The van der Waals surface area contributed by atoms with Gasteiger partial charge < -0.3 is 15.8 Å². The van der Waals surface area contributed by atoms with Crippen LogP contribution in [0.4, 0.5) is 11.5 Å². The van der Waals surface area contributed by atoms with E-state index in [9.17, 15) is 9.59 Å². The smallest absolute Gasteiger partial charge is 0.330 e. The van der Waals surface area contributed by atoms with Gasteiger partial charge in [-0.3, -0.25) is 14.3 Å². The molecule has 19 heavy (non-hydrogen) atoms. The zero-order valence-electron chi connectivity index (χ0n) is 10.8. The fourth-order valence-corrected chi connectivity index (χ4v) is 3.14. The SMILES string of the molecule is COCCn1c(N)c(NC2CCSC2)c(=O)[nH]c1=O. The van der Waals surface area contributed by atoms with E-state index in [4.69, 9.17) is 10.5 Å². The molecular formula is C11H18N4O3S. The Labute approximate surface area is 114 Å². The number of rotatable bonds is 5. The molecular weight excluding hydrogens is 268 g/mol. The molecule has 2 rings (SSSR count). The molecule has 0 aromatic carbocycles. The Morgan fingerprint density at radius 1 is 1.58 bits per heavy atom. The van der Waals surface area contributed by atoms with E-state index in [-0.39, 0.29) is 17.5 Å². The molecule has 0 saturated carbocycles. The molecule has 1 aliphatic rings. The van der Waals surface area contributed by atoms with Crippen LogP contribution in [0.1, 0.15) is 6.42 Å². The van der Waals surface area contributed by atoms with Crippen LogP contribution in [0.2, 0.25) is 0 Å². The van der Waals surface area contributed by atoms with Crippen molar-refractivity contribution in [2.24, 2.45) is 0 Å². The van der Waals surface area contributed by atoms with E-state index in [1.165, 1.54) is 4.57 Å². The third-order valence-corrected chi connectivity index (χ3v) is 4.20. The highest BCUT2D eigenvalue weighted by atomic mass is 32.2. The van der Waals surface area contributed by atoms with Crippen LogP contribution >= 0.6 is 11.8 Å². The molecule has 1 aromatic rings. The minimum absolute atomic E-state index is 0.169. The highest BCUT2D eigenvalue weighted by Gasteiger charge is 2.19. The first kappa shape index (κ1) is 14.0. The van der Waals surface area contributed by atoms with Gasteiger partial charge in [-0.25, -0.2) is 4.79 Å². The number of nitrogens with zero attached hydrogens (tertiary/aromatic N) is 1. The fraction of sp³-hybridized carbons (Fsp3) is 0.636. The topological polar surface area (TPSA) is 102 Å². The molecule has 1 atom stereocenters. The standard InChI is InChI=1S/C11H18N4O3S/c1-18-4-3-15-9(12)8(10(16)14-11(15)17)13-7-2-5-19-6-7/h7,13H,2-6,12H2,1H3,(H,14,16,17). The molecule has 0 amide bonds. The molecule has 4 N–H and O–H groups in total. The monoisotopic (exact) mass is 286 g/mol. The van der Waals surface area contributed by atoms with Crippen LogP contribution in [0.3, 0.4) is 0 Å². The lowest BCUT2D eigenvalue weighted by Gasteiger charge is -2.16. The maximum atomic E-state index is 11.8. The van der Waals surface area contributed by atoms with Gasteiger partial charge in [-0.15, -0.1) is 0 Å². The summed E-state index contributed by atoms with van der Waals surface area (Å²) in [5.41, 5.74) is 5.23. The Kier molecular flexibility index (Phi) is 4.54. The number of ether oxygens (including phenoxy) is 1. The van der Waals surface area contributed by atoms with E-state index in [0.29, 0.717) is 13.2 Å². The highest BCUT2D eigenvalue weighted by molar-refractivity contribution is 7.99. The molecule has 0 spiro atoms. The van der Waals surface area contributed by atoms with Crippen molar-refractivity contribution in [1.29, 1.82) is 0 Å². The summed E-state index contributed by atoms with van der Waals surface area (Å²) < 4.78 is 6.24. The highest BCUT2D eigenvalue weighted by Crippen LogP contribution is 2.21. The number of methoxy groups -OCH3 is 1. The van der Waals surface area contributed by atoms with Gasteiger partial charge in [0.1, 0.15) is 11.5 Å². The molecule has 106 valence electrons. The zero-order chi connectivity index (χ0) is 13.8. The first-order valence-electron chi connectivity index (χ1n) is 6.09. The third kappa shape index (κ3) is 3.13. The van der Waals surface area contributed by atoms with Gasteiger partial charge in [-0.2, -0.15) is 11.8 Å². The van der Waals surface area contributed by atoms with Crippen LogP contribution in [0.15, 0.2) is 9.59 Å². The van der Waals surface area contributed by atoms with E-state index in [1.54, 1.807) is 7.11 Å². The van der Waals surface area contributed by atoms with E-state index >= 15 is 0 Å². The average molecular weight is 286 g/mol. The summed E-state index contributed by atoms with van der Waals surface area (Å²) in [6.45, 7) is 0.668. The second-order valence-corrected chi connectivity index (χ2v) is 5.52. The minimum Gasteiger partial charge on any atom is -0.383 e. The molecule has 1 aromatic heterocycles. The Balaban J connectivity index is 2.30. The first-order chi connectivity index (χ1) is 9.13. The number of anilines is 2. The molecule has 8 heteroatoms. The molecule has 0 aliphatic carbocycles. The van der Waals surface area contributed by atoms with Gasteiger partial charge in [-0.1, -0.05) is 0 Å². The van der Waals surface area contributed by atoms with Crippen LogP contribution in [-0.4, -0.2) is 40.8 Å². The van der Waals surface area contributed by atoms with Gasteiger partial charge in [-0.05, 0) is 12.2 Å². The third-order valence-electron chi connectivity index (χ3n) is 3.04. The lowest BCUT2D eigenvalue weighted by Crippen LogP contribution is -2.36. The van der Waals surface area contributed by atoms with Crippen LogP contribution < -0.4 is 22.3 Å². The molecule has 1 aliphatic heterocycles. The number of aromatic amines is 1. The average Bonchev–Trinajstić information content (AvgIpc) is 2.87. The summed E-state index contributed by atoms with van der Waals surface area (Å²) in [6, 6.07) is 0.224. The Bertz CT molecular complexity index is 548. The quantitative estimate of drug-likeness (QED) is 0.686. The largest absolute Gasteiger partial charge is 0.383 e. The van der Waals surface area contributed by atoms with Gasteiger partial charge in [0.15, 0.2) is 0 Å². The van der Waals surface area contributed by atoms with Gasteiger partial charge in [0.25, 0.3) is 5.56 Å². The number of aromatic nitrogens is 2. The van der Waals surface area contributed by atoms with Gasteiger partial charge in [0.05, 0.1) is 13.2 Å². The molecule has 1 fully saturated rings. The second kappa shape index (κ2) is 6.16. The maximum absolute atomic E-state index is 11.8. The Morgan fingerprint density at radius 3 is 3.00 bits per heavy atom. The normalized spacial score (nSPS) is 18.7.